The van der Waals surface area contributed by atoms with Gasteiger partial charge in [-0.25, -0.2) is 4.79 Å². The second-order valence-corrected chi connectivity index (χ2v) is 6.53. The van der Waals surface area contributed by atoms with Crippen LogP contribution in [0.5, 0.6) is 0 Å². The van der Waals surface area contributed by atoms with Crippen LogP contribution < -0.4 is 5.32 Å². The molecule has 138 valence electrons. The van der Waals surface area contributed by atoms with Gasteiger partial charge in [-0.1, -0.05) is 26.0 Å². The van der Waals surface area contributed by atoms with Crippen LogP contribution in [0.25, 0.3) is 0 Å². The third-order valence-electron chi connectivity index (χ3n) is 4.24. The number of hydrogen-bond donors (Lipinski definition) is 2. The number of nitrogens with one attached hydrogen (secondary N) is 2. The molecule has 0 saturated carbocycles. The van der Waals surface area contributed by atoms with Crippen LogP contribution in [-0.4, -0.2) is 29.8 Å². The van der Waals surface area contributed by atoms with Crippen LogP contribution >= 0.6 is 0 Å². The Morgan fingerprint density at radius 2 is 1.92 bits per heavy atom. The molecule has 0 bridgehead atoms. The van der Waals surface area contributed by atoms with Crippen molar-refractivity contribution in [2.75, 3.05) is 12.4 Å². The molecule has 0 radical (unpaired) electrons. The Bertz CT molecular complexity index is 849. The zero-order chi connectivity index (χ0) is 19.4. The van der Waals surface area contributed by atoms with Crippen molar-refractivity contribution in [3.05, 3.63) is 52.3 Å². The van der Waals surface area contributed by atoms with Gasteiger partial charge in [0, 0.05) is 18.3 Å². The van der Waals surface area contributed by atoms with Crippen LogP contribution in [0.15, 0.2) is 24.3 Å². The molecule has 1 aromatic heterocycles. The van der Waals surface area contributed by atoms with Gasteiger partial charge in [-0.3, -0.25) is 9.59 Å². The van der Waals surface area contributed by atoms with Crippen molar-refractivity contribution in [3.63, 3.8) is 0 Å². The minimum Gasteiger partial charge on any atom is -0.465 e. The Labute approximate surface area is 152 Å². The predicted molar refractivity (Wildman–Crippen MR) is 99.7 cm³/mol. The van der Waals surface area contributed by atoms with E-state index >= 15 is 0 Å². The summed E-state index contributed by atoms with van der Waals surface area (Å²) < 4.78 is 4.79. The molecule has 0 aliphatic heterocycles. The number of Topliss-reactive ketones (excluding diaryl/α,β-unsaturated/α-hetero) is 1. The third kappa shape index (κ3) is 4.20. The van der Waals surface area contributed by atoms with Crippen LogP contribution in [0, 0.1) is 6.92 Å². The van der Waals surface area contributed by atoms with Crippen LogP contribution in [0.2, 0.25) is 0 Å². The van der Waals surface area contributed by atoms with Gasteiger partial charge in [0.25, 0.3) is 0 Å². The second kappa shape index (κ2) is 7.99. The summed E-state index contributed by atoms with van der Waals surface area (Å²) in [7, 11) is 1.27. The van der Waals surface area contributed by atoms with E-state index in [9.17, 15) is 14.4 Å². The highest BCUT2D eigenvalue weighted by Crippen LogP contribution is 2.22. The van der Waals surface area contributed by atoms with Gasteiger partial charge in [0.05, 0.1) is 24.8 Å². The number of benzene rings is 1. The van der Waals surface area contributed by atoms with Crippen molar-refractivity contribution in [1.29, 1.82) is 0 Å². The van der Waals surface area contributed by atoms with Gasteiger partial charge in [-0.15, -0.1) is 0 Å². The standard InChI is InChI=1S/C20H24N2O4/c1-11(2)14-7-6-8-15(9-14)21-17(24)10-16-18(20(25)26-5)12(3)19(22-16)13(4)23/h6-9,11,22H,10H2,1-5H3,(H,21,24). The lowest BCUT2D eigenvalue weighted by Gasteiger charge is -2.10. The maximum Gasteiger partial charge on any atom is 0.339 e. The molecule has 0 saturated heterocycles. The van der Waals surface area contributed by atoms with Crippen molar-refractivity contribution in [1.82, 2.24) is 4.98 Å². The average Bonchev–Trinajstić information content (AvgIpc) is 2.90. The molecule has 0 aliphatic rings. The Balaban J connectivity index is 2.26. The number of rotatable bonds is 6. The van der Waals surface area contributed by atoms with E-state index in [4.69, 9.17) is 4.74 Å². The molecule has 1 amide bonds. The lowest BCUT2D eigenvalue weighted by molar-refractivity contribution is -0.115. The van der Waals surface area contributed by atoms with Crippen molar-refractivity contribution in [2.45, 2.75) is 40.0 Å². The lowest BCUT2D eigenvalue weighted by Crippen LogP contribution is -2.17. The van der Waals surface area contributed by atoms with E-state index in [1.807, 2.05) is 24.3 Å². The highest BCUT2D eigenvalue weighted by Gasteiger charge is 2.24. The summed E-state index contributed by atoms with van der Waals surface area (Å²) in [4.78, 5) is 39.2. The van der Waals surface area contributed by atoms with Gasteiger partial charge in [-0.05, 0) is 36.1 Å². The summed E-state index contributed by atoms with van der Waals surface area (Å²) in [6.07, 6.45) is -0.0650. The Kier molecular flexibility index (Phi) is 5.97. The summed E-state index contributed by atoms with van der Waals surface area (Å²) in [6, 6.07) is 7.62. The number of hydrogen-bond acceptors (Lipinski definition) is 4. The zero-order valence-electron chi connectivity index (χ0n) is 15.7. The first kappa shape index (κ1) is 19.4. The predicted octanol–water partition coefficient (Wildman–Crippen LogP) is 3.62. The maximum atomic E-state index is 12.4. The lowest BCUT2D eigenvalue weighted by atomic mass is 10.0. The average molecular weight is 356 g/mol. The first-order valence-corrected chi connectivity index (χ1v) is 8.45. The van der Waals surface area contributed by atoms with E-state index < -0.39 is 5.97 Å². The fourth-order valence-electron chi connectivity index (χ4n) is 2.86. The molecule has 2 aromatic rings. The van der Waals surface area contributed by atoms with E-state index in [2.05, 4.69) is 24.1 Å². The zero-order valence-corrected chi connectivity index (χ0v) is 15.7. The molecular weight excluding hydrogens is 332 g/mol. The quantitative estimate of drug-likeness (QED) is 0.611. The molecule has 2 rings (SSSR count). The van der Waals surface area contributed by atoms with Crippen molar-refractivity contribution < 1.29 is 19.1 Å². The molecule has 0 atom stereocenters. The number of ketones is 1. The van der Waals surface area contributed by atoms with Gasteiger partial charge < -0.3 is 15.0 Å². The van der Waals surface area contributed by atoms with Crippen molar-refractivity contribution in [3.8, 4) is 0 Å². The number of carbonyl (C=O) groups excluding carboxylic acids is 3. The SMILES string of the molecule is COC(=O)c1c(CC(=O)Nc2cccc(C(C)C)c2)[nH]c(C(C)=O)c1C. The number of anilines is 1. The molecule has 6 nitrogen and oxygen atoms in total. The summed E-state index contributed by atoms with van der Waals surface area (Å²) >= 11 is 0. The topological polar surface area (TPSA) is 88.3 Å². The fourth-order valence-corrected chi connectivity index (χ4v) is 2.86. The molecule has 0 fully saturated rings. The van der Waals surface area contributed by atoms with E-state index in [1.165, 1.54) is 14.0 Å². The van der Waals surface area contributed by atoms with E-state index in [1.54, 1.807) is 6.92 Å². The van der Waals surface area contributed by atoms with Gasteiger partial charge in [0.2, 0.25) is 5.91 Å². The number of ether oxygens (including phenoxy) is 1. The fraction of sp³-hybridized carbons (Fsp3) is 0.350. The number of aromatic nitrogens is 1. The molecular formula is C20H24N2O4. The number of carbonyl (C=O) groups is 3. The molecule has 0 spiro atoms. The van der Waals surface area contributed by atoms with Crippen molar-refractivity contribution >= 4 is 23.3 Å². The van der Waals surface area contributed by atoms with Crippen molar-refractivity contribution in [2.24, 2.45) is 0 Å². The molecule has 0 aliphatic carbocycles. The number of H-pyrrole nitrogens is 1. The summed E-state index contributed by atoms with van der Waals surface area (Å²) in [5.41, 5.74) is 3.23. The van der Waals surface area contributed by atoms with Crippen LogP contribution in [0.3, 0.4) is 0 Å². The Hall–Kier alpha value is -2.89. The van der Waals surface area contributed by atoms with Gasteiger partial charge in [0.15, 0.2) is 5.78 Å². The number of esters is 1. The maximum absolute atomic E-state index is 12.4. The molecule has 2 N–H and O–H groups in total. The van der Waals surface area contributed by atoms with Crippen LogP contribution in [0.4, 0.5) is 5.69 Å². The number of aromatic amines is 1. The first-order chi connectivity index (χ1) is 12.2. The molecule has 1 aromatic carbocycles. The van der Waals surface area contributed by atoms with E-state index in [0.717, 1.165) is 5.56 Å². The largest absolute Gasteiger partial charge is 0.465 e. The molecule has 6 heteroatoms. The highest BCUT2D eigenvalue weighted by molar-refractivity contribution is 6.02. The number of methoxy groups -OCH3 is 1. The highest BCUT2D eigenvalue weighted by atomic mass is 16.5. The van der Waals surface area contributed by atoms with Gasteiger partial charge >= 0.3 is 5.97 Å². The first-order valence-electron chi connectivity index (χ1n) is 8.45. The van der Waals surface area contributed by atoms with Gasteiger partial charge in [0.1, 0.15) is 0 Å². The van der Waals surface area contributed by atoms with E-state index in [-0.39, 0.29) is 23.7 Å². The Morgan fingerprint density at radius 1 is 1.23 bits per heavy atom. The number of amides is 1. The molecule has 1 heterocycles. The van der Waals surface area contributed by atoms with Gasteiger partial charge in [-0.2, -0.15) is 0 Å². The summed E-state index contributed by atoms with van der Waals surface area (Å²) in [6.45, 7) is 7.22. The molecule has 0 unspecified atom stereocenters. The Morgan fingerprint density at radius 3 is 2.50 bits per heavy atom. The minimum atomic E-state index is -0.573. The van der Waals surface area contributed by atoms with Crippen LogP contribution in [-0.2, 0) is 16.0 Å². The smallest absolute Gasteiger partial charge is 0.339 e. The summed E-state index contributed by atoms with van der Waals surface area (Å²) in [5.74, 6) is -0.714. The second-order valence-electron chi connectivity index (χ2n) is 6.53. The van der Waals surface area contributed by atoms with Crippen LogP contribution in [0.1, 0.15) is 64.4 Å². The van der Waals surface area contributed by atoms with E-state index in [0.29, 0.717) is 28.6 Å². The monoisotopic (exact) mass is 356 g/mol. The normalized spacial score (nSPS) is 10.7. The molecule has 26 heavy (non-hydrogen) atoms. The minimum absolute atomic E-state index is 0.0650. The summed E-state index contributed by atoms with van der Waals surface area (Å²) in [5, 5.41) is 2.83. The third-order valence-corrected chi connectivity index (χ3v) is 4.24.